The minimum absolute atomic E-state index is 0.0272. The molecule has 1 amide bonds. The fourth-order valence-electron chi connectivity index (χ4n) is 2.00. The number of nitrogens with one attached hydrogen (secondary N) is 1. The first kappa shape index (κ1) is 13.5. The molecule has 0 aromatic heterocycles. The summed E-state index contributed by atoms with van der Waals surface area (Å²) in [6.07, 6.45) is 0.749. The van der Waals surface area contributed by atoms with Crippen molar-refractivity contribution in [1.82, 2.24) is 5.32 Å². The molecular weight excluding hydrogens is 301 g/mol. The van der Waals surface area contributed by atoms with Crippen molar-refractivity contribution in [3.05, 3.63) is 34.1 Å². The largest absolute Gasteiger partial charge is 0.376 e. The van der Waals surface area contributed by atoms with Gasteiger partial charge in [0.25, 0.3) is 5.91 Å². The van der Waals surface area contributed by atoms with Crippen LogP contribution in [0, 0.1) is 5.82 Å². The number of carbonyl (C=O) groups excluding carboxylic acids is 1. The average Bonchev–Trinajstić information content (AvgIpc) is 2.58. The van der Waals surface area contributed by atoms with Gasteiger partial charge in [-0.2, -0.15) is 0 Å². The zero-order chi connectivity index (χ0) is 13.3. The van der Waals surface area contributed by atoms with Gasteiger partial charge in [0.15, 0.2) is 0 Å². The molecule has 1 N–H and O–H groups in total. The summed E-state index contributed by atoms with van der Waals surface area (Å²) in [7, 11) is 0. The van der Waals surface area contributed by atoms with Crippen LogP contribution in [0.1, 0.15) is 30.6 Å². The molecular formula is C13H15BrFNO2. The molecule has 0 unspecified atom stereocenters. The first-order valence-electron chi connectivity index (χ1n) is 5.81. The van der Waals surface area contributed by atoms with E-state index in [2.05, 4.69) is 21.2 Å². The summed E-state index contributed by atoms with van der Waals surface area (Å²) < 4.78 is 18.9. The molecule has 1 aromatic carbocycles. The van der Waals surface area contributed by atoms with Crippen LogP contribution in [0.25, 0.3) is 0 Å². The molecule has 1 aliphatic heterocycles. The second-order valence-corrected chi connectivity index (χ2v) is 5.61. The second-order valence-electron chi connectivity index (χ2n) is 4.76. The maximum atomic E-state index is 13.0. The van der Waals surface area contributed by atoms with E-state index in [0.29, 0.717) is 16.6 Å². The topological polar surface area (TPSA) is 38.3 Å². The van der Waals surface area contributed by atoms with E-state index < -0.39 is 0 Å². The number of benzene rings is 1. The van der Waals surface area contributed by atoms with Crippen LogP contribution in [0.4, 0.5) is 4.39 Å². The van der Waals surface area contributed by atoms with Crippen molar-refractivity contribution in [3.8, 4) is 0 Å². The van der Waals surface area contributed by atoms with Crippen LogP contribution in [-0.4, -0.2) is 24.2 Å². The third kappa shape index (κ3) is 2.57. The van der Waals surface area contributed by atoms with Crippen molar-refractivity contribution in [2.24, 2.45) is 0 Å². The SMILES string of the molecule is C[C@H]1OCC[C@@]1(C)NC(=O)c1ccc(F)cc1Br. The summed E-state index contributed by atoms with van der Waals surface area (Å²) in [4.78, 5) is 12.2. The van der Waals surface area contributed by atoms with Crippen LogP contribution in [0.15, 0.2) is 22.7 Å². The second kappa shape index (κ2) is 4.97. The number of carbonyl (C=O) groups is 1. The van der Waals surface area contributed by atoms with Crippen molar-refractivity contribution in [2.45, 2.75) is 31.9 Å². The predicted molar refractivity (Wildman–Crippen MR) is 70.0 cm³/mol. The monoisotopic (exact) mass is 315 g/mol. The average molecular weight is 316 g/mol. The fourth-order valence-corrected chi connectivity index (χ4v) is 2.53. The molecule has 0 saturated carbocycles. The van der Waals surface area contributed by atoms with Crippen LogP contribution >= 0.6 is 15.9 Å². The van der Waals surface area contributed by atoms with Gasteiger partial charge in [-0.15, -0.1) is 0 Å². The van der Waals surface area contributed by atoms with Gasteiger partial charge in [-0.1, -0.05) is 0 Å². The van der Waals surface area contributed by atoms with Gasteiger partial charge in [-0.3, -0.25) is 4.79 Å². The van der Waals surface area contributed by atoms with Crippen molar-refractivity contribution < 1.29 is 13.9 Å². The van der Waals surface area contributed by atoms with Gasteiger partial charge in [0.1, 0.15) is 5.82 Å². The Morgan fingerprint density at radius 3 is 2.89 bits per heavy atom. The molecule has 98 valence electrons. The fraction of sp³-hybridized carbons (Fsp3) is 0.462. The number of hydrogen-bond acceptors (Lipinski definition) is 2. The highest BCUT2D eigenvalue weighted by Gasteiger charge is 2.38. The molecule has 18 heavy (non-hydrogen) atoms. The predicted octanol–water partition coefficient (Wildman–Crippen LogP) is 2.89. The van der Waals surface area contributed by atoms with Crippen LogP contribution in [0.2, 0.25) is 0 Å². The van der Waals surface area contributed by atoms with E-state index >= 15 is 0 Å². The lowest BCUT2D eigenvalue weighted by Gasteiger charge is -2.29. The first-order chi connectivity index (χ1) is 8.42. The summed E-state index contributed by atoms with van der Waals surface area (Å²) in [6.45, 7) is 4.54. The third-order valence-electron chi connectivity index (χ3n) is 3.46. The van der Waals surface area contributed by atoms with Crippen LogP contribution in [-0.2, 0) is 4.74 Å². The smallest absolute Gasteiger partial charge is 0.252 e. The van der Waals surface area contributed by atoms with Crippen LogP contribution in [0.5, 0.6) is 0 Å². The van der Waals surface area contributed by atoms with E-state index in [-0.39, 0.29) is 23.4 Å². The number of hydrogen-bond donors (Lipinski definition) is 1. The molecule has 0 aliphatic carbocycles. The van der Waals surface area contributed by atoms with Crippen molar-refractivity contribution in [3.63, 3.8) is 0 Å². The highest BCUT2D eigenvalue weighted by molar-refractivity contribution is 9.10. The third-order valence-corrected chi connectivity index (χ3v) is 4.12. The lowest BCUT2D eigenvalue weighted by Crippen LogP contribution is -2.50. The Morgan fingerprint density at radius 2 is 2.33 bits per heavy atom. The number of rotatable bonds is 2. The molecule has 0 radical (unpaired) electrons. The van der Waals surface area contributed by atoms with Gasteiger partial charge in [0.05, 0.1) is 17.2 Å². The lowest BCUT2D eigenvalue weighted by molar-refractivity contribution is 0.0727. The van der Waals surface area contributed by atoms with Crippen LogP contribution < -0.4 is 5.32 Å². The molecule has 1 fully saturated rings. The zero-order valence-electron chi connectivity index (χ0n) is 10.3. The Labute approximate surface area is 114 Å². The maximum Gasteiger partial charge on any atom is 0.252 e. The Balaban J connectivity index is 2.17. The van der Waals surface area contributed by atoms with E-state index in [0.717, 1.165) is 6.42 Å². The van der Waals surface area contributed by atoms with E-state index in [1.54, 1.807) is 0 Å². The summed E-state index contributed by atoms with van der Waals surface area (Å²) in [5.41, 5.74) is 0.0574. The summed E-state index contributed by atoms with van der Waals surface area (Å²) in [5, 5.41) is 2.97. The van der Waals surface area contributed by atoms with Gasteiger partial charge < -0.3 is 10.1 Å². The Morgan fingerprint density at radius 1 is 1.61 bits per heavy atom. The minimum Gasteiger partial charge on any atom is -0.376 e. The van der Waals surface area contributed by atoms with Gasteiger partial charge in [0.2, 0.25) is 0 Å². The molecule has 1 aliphatic rings. The standard InChI is InChI=1S/C13H15BrFNO2/c1-8-13(2,5-6-18-8)16-12(17)10-4-3-9(15)7-11(10)14/h3-4,7-8H,5-6H2,1-2H3,(H,16,17)/t8-,13-/m1/s1. The van der Waals surface area contributed by atoms with Gasteiger partial charge in [-0.25, -0.2) is 4.39 Å². The molecule has 5 heteroatoms. The van der Waals surface area contributed by atoms with Gasteiger partial charge in [-0.05, 0) is 54.4 Å². The van der Waals surface area contributed by atoms with Crippen molar-refractivity contribution in [2.75, 3.05) is 6.61 Å². The van der Waals surface area contributed by atoms with E-state index in [1.165, 1.54) is 18.2 Å². The molecule has 0 spiro atoms. The van der Waals surface area contributed by atoms with E-state index in [1.807, 2.05) is 13.8 Å². The molecule has 2 rings (SSSR count). The quantitative estimate of drug-likeness (QED) is 0.911. The summed E-state index contributed by atoms with van der Waals surface area (Å²) in [5.74, 6) is -0.594. The molecule has 1 saturated heterocycles. The molecule has 1 heterocycles. The molecule has 1 aromatic rings. The van der Waals surface area contributed by atoms with Crippen molar-refractivity contribution >= 4 is 21.8 Å². The van der Waals surface area contributed by atoms with Gasteiger partial charge in [0, 0.05) is 11.1 Å². The zero-order valence-corrected chi connectivity index (χ0v) is 11.9. The Bertz CT molecular complexity index is 480. The number of ether oxygens (including phenoxy) is 1. The maximum absolute atomic E-state index is 13.0. The van der Waals surface area contributed by atoms with Crippen molar-refractivity contribution in [1.29, 1.82) is 0 Å². The highest BCUT2D eigenvalue weighted by Crippen LogP contribution is 2.26. The van der Waals surface area contributed by atoms with Crippen LogP contribution in [0.3, 0.4) is 0 Å². The number of halogens is 2. The molecule has 3 nitrogen and oxygen atoms in total. The molecule has 2 atom stereocenters. The summed E-state index contributed by atoms with van der Waals surface area (Å²) >= 11 is 3.20. The Hall–Kier alpha value is -0.940. The van der Waals surface area contributed by atoms with E-state index in [4.69, 9.17) is 4.74 Å². The first-order valence-corrected chi connectivity index (χ1v) is 6.61. The minimum atomic E-state index is -0.373. The van der Waals surface area contributed by atoms with Gasteiger partial charge >= 0.3 is 0 Å². The Kier molecular flexibility index (Phi) is 3.73. The lowest BCUT2D eigenvalue weighted by atomic mass is 9.94. The summed E-state index contributed by atoms with van der Waals surface area (Å²) in [6, 6.07) is 4.03. The highest BCUT2D eigenvalue weighted by atomic mass is 79.9. The molecule has 0 bridgehead atoms. The normalized spacial score (nSPS) is 27.2. The number of amides is 1. The van der Waals surface area contributed by atoms with E-state index in [9.17, 15) is 9.18 Å².